The maximum absolute atomic E-state index is 12.3. The van der Waals surface area contributed by atoms with Gasteiger partial charge in [-0.2, -0.15) is 0 Å². The number of carbonyl (C=O) groups is 1. The molecule has 0 radical (unpaired) electrons. The summed E-state index contributed by atoms with van der Waals surface area (Å²) in [5.74, 6) is 0.272. The number of nitrogens with one attached hydrogen (secondary N) is 1. The van der Waals surface area contributed by atoms with Gasteiger partial charge in [-0.05, 0) is 12.0 Å². The summed E-state index contributed by atoms with van der Waals surface area (Å²) in [5, 5.41) is 3.38. The predicted octanol–water partition coefficient (Wildman–Crippen LogP) is 0.735. The van der Waals surface area contributed by atoms with Gasteiger partial charge in [-0.25, -0.2) is 0 Å². The van der Waals surface area contributed by atoms with E-state index in [0.29, 0.717) is 12.5 Å². The van der Waals surface area contributed by atoms with E-state index in [4.69, 9.17) is 0 Å². The lowest BCUT2D eigenvalue weighted by Crippen LogP contribution is -2.49. The van der Waals surface area contributed by atoms with Crippen LogP contribution in [-0.4, -0.2) is 61.0 Å². The fraction of sp³-hybridized carbons (Fsp3) is 0.562. The van der Waals surface area contributed by atoms with Crippen LogP contribution < -0.4 is 5.32 Å². The number of hydrogen-bond donors (Lipinski definition) is 1. The van der Waals surface area contributed by atoms with Crippen molar-refractivity contribution in [2.75, 3.05) is 39.3 Å². The molecule has 3 rings (SSSR count). The lowest BCUT2D eigenvalue weighted by molar-refractivity contribution is -0.129. The van der Waals surface area contributed by atoms with Crippen LogP contribution in [0.25, 0.3) is 0 Å². The van der Waals surface area contributed by atoms with Crippen molar-refractivity contribution in [2.45, 2.75) is 18.9 Å². The second-order valence-corrected chi connectivity index (χ2v) is 5.73. The molecule has 2 fully saturated rings. The number of nitrogens with zero attached hydrogens (tertiary/aromatic N) is 2. The first-order valence-corrected chi connectivity index (χ1v) is 7.59. The van der Waals surface area contributed by atoms with Crippen LogP contribution in [0.2, 0.25) is 0 Å². The van der Waals surface area contributed by atoms with Gasteiger partial charge in [-0.3, -0.25) is 9.69 Å². The molecule has 1 amide bonds. The molecule has 1 aromatic rings. The predicted molar refractivity (Wildman–Crippen MR) is 79.6 cm³/mol. The molecule has 0 aliphatic carbocycles. The monoisotopic (exact) mass is 273 g/mol. The van der Waals surface area contributed by atoms with Crippen LogP contribution in [0, 0.1) is 0 Å². The molecule has 4 heteroatoms. The lowest BCUT2D eigenvalue weighted by atomic mass is 10.1. The smallest absolute Gasteiger partial charge is 0.227 e. The van der Waals surface area contributed by atoms with Crippen molar-refractivity contribution in [3.8, 4) is 0 Å². The van der Waals surface area contributed by atoms with E-state index in [0.717, 1.165) is 51.3 Å². The molecular weight excluding hydrogens is 250 g/mol. The van der Waals surface area contributed by atoms with E-state index in [1.54, 1.807) is 0 Å². The Morgan fingerprint density at radius 3 is 2.65 bits per heavy atom. The van der Waals surface area contributed by atoms with Crippen molar-refractivity contribution < 1.29 is 4.79 Å². The minimum absolute atomic E-state index is 0.272. The van der Waals surface area contributed by atoms with Gasteiger partial charge < -0.3 is 10.2 Å². The van der Waals surface area contributed by atoms with E-state index < -0.39 is 0 Å². The van der Waals surface area contributed by atoms with Crippen molar-refractivity contribution in [3.63, 3.8) is 0 Å². The normalized spacial score (nSPS) is 24.0. The zero-order valence-electron chi connectivity index (χ0n) is 11.9. The Balaban J connectivity index is 1.52. The summed E-state index contributed by atoms with van der Waals surface area (Å²) in [7, 11) is 0. The van der Waals surface area contributed by atoms with E-state index in [1.165, 1.54) is 0 Å². The molecule has 2 aliphatic heterocycles. The van der Waals surface area contributed by atoms with Gasteiger partial charge in [0.15, 0.2) is 0 Å². The molecule has 0 aromatic heterocycles. The Labute approximate surface area is 120 Å². The highest BCUT2D eigenvalue weighted by Crippen LogP contribution is 2.17. The molecule has 2 saturated heterocycles. The number of amides is 1. The summed E-state index contributed by atoms with van der Waals surface area (Å²) in [6.45, 7) is 6.21. The van der Waals surface area contributed by atoms with Gasteiger partial charge in [0.2, 0.25) is 5.91 Å². The largest absolute Gasteiger partial charge is 0.341 e. The Bertz CT molecular complexity index is 442. The first-order chi connectivity index (χ1) is 9.83. The van der Waals surface area contributed by atoms with Crippen LogP contribution in [-0.2, 0) is 11.2 Å². The fourth-order valence-corrected chi connectivity index (χ4v) is 3.20. The topological polar surface area (TPSA) is 35.6 Å². The van der Waals surface area contributed by atoms with Crippen LogP contribution >= 0.6 is 0 Å². The Morgan fingerprint density at radius 2 is 1.90 bits per heavy atom. The van der Waals surface area contributed by atoms with E-state index in [2.05, 4.69) is 10.2 Å². The van der Waals surface area contributed by atoms with Crippen LogP contribution in [0.3, 0.4) is 0 Å². The van der Waals surface area contributed by atoms with E-state index in [9.17, 15) is 4.79 Å². The fourth-order valence-electron chi connectivity index (χ4n) is 3.20. The van der Waals surface area contributed by atoms with Crippen molar-refractivity contribution in [2.24, 2.45) is 0 Å². The lowest BCUT2D eigenvalue weighted by Gasteiger charge is -2.32. The SMILES string of the molecule is O=C(Cc1ccccc1)N1CCC(N2CCNCC2)C1. The highest BCUT2D eigenvalue weighted by atomic mass is 16.2. The summed E-state index contributed by atoms with van der Waals surface area (Å²) in [6, 6.07) is 10.6. The first kappa shape index (κ1) is 13.6. The molecular formula is C16H23N3O. The summed E-state index contributed by atoms with van der Waals surface area (Å²) in [4.78, 5) is 16.9. The third kappa shape index (κ3) is 3.19. The molecule has 0 saturated carbocycles. The third-order valence-electron chi connectivity index (χ3n) is 4.38. The highest BCUT2D eigenvalue weighted by molar-refractivity contribution is 5.79. The summed E-state index contributed by atoms with van der Waals surface area (Å²) in [6.07, 6.45) is 1.66. The maximum Gasteiger partial charge on any atom is 0.227 e. The molecule has 108 valence electrons. The zero-order valence-corrected chi connectivity index (χ0v) is 11.9. The zero-order chi connectivity index (χ0) is 13.8. The molecule has 2 heterocycles. The average Bonchev–Trinajstić information content (AvgIpc) is 2.99. The number of carbonyl (C=O) groups excluding carboxylic acids is 1. The molecule has 1 unspecified atom stereocenters. The van der Waals surface area contributed by atoms with Crippen molar-refractivity contribution in [1.29, 1.82) is 0 Å². The molecule has 1 atom stereocenters. The molecule has 1 aromatic carbocycles. The van der Waals surface area contributed by atoms with Crippen molar-refractivity contribution in [3.05, 3.63) is 35.9 Å². The van der Waals surface area contributed by atoms with Gasteiger partial charge in [-0.1, -0.05) is 30.3 Å². The van der Waals surface area contributed by atoms with Gasteiger partial charge in [0.25, 0.3) is 0 Å². The summed E-state index contributed by atoms with van der Waals surface area (Å²) >= 11 is 0. The van der Waals surface area contributed by atoms with Crippen LogP contribution in [0.1, 0.15) is 12.0 Å². The minimum Gasteiger partial charge on any atom is -0.341 e. The average molecular weight is 273 g/mol. The van der Waals surface area contributed by atoms with Crippen LogP contribution in [0.5, 0.6) is 0 Å². The quantitative estimate of drug-likeness (QED) is 0.882. The van der Waals surface area contributed by atoms with E-state index in [1.807, 2.05) is 35.2 Å². The number of hydrogen-bond acceptors (Lipinski definition) is 3. The van der Waals surface area contributed by atoms with Gasteiger partial charge in [0, 0.05) is 45.3 Å². The Kier molecular flexibility index (Phi) is 4.33. The van der Waals surface area contributed by atoms with E-state index in [-0.39, 0.29) is 5.91 Å². The summed E-state index contributed by atoms with van der Waals surface area (Å²) in [5.41, 5.74) is 1.11. The van der Waals surface area contributed by atoms with E-state index >= 15 is 0 Å². The van der Waals surface area contributed by atoms with Crippen molar-refractivity contribution in [1.82, 2.24) is 15.1 Å². The number of likely N-dealkylation sites (tertiary alicyclic amines) is 1. The molecule has 1 N–H and O–H groups in total. The number of rotatable bonds is 3. The van der Waals surface area contributed by atoms with Gasteiger partial charge in [-0.15, -0.1) is 0 Å². The minimum atomic E-state index is 0.272. The molecule has 0 bridgehead atoms. The standard InChI is InChI=1S/C16H23N3O/c20-16(12-14-4-2-1-3-5-14)19-9-6-15(13-19)18-10-7-17-8-11-18/h1-5,15,17H,6-13H2. The van der Waals surface area contributed by atoms with Crippen molar-refractivity contribution >= 4 is 5.91 Å². The molecule has 2 aliphatic rings. The first-order valence-electron chi connectivity index (χ1n) is 7.59. The molecule has 4 nitrogen and oxygen atoms in total. The molecule has 0 spiro atoms. The van der Waals surface area contributed by atoms with Crippen LogP contribution in [0.4, 0.5) is 0 Å². The van der Waals surface area contributed by atoms with Crippen LogP contribution in [0.15, 0.2) is 30.3 Å². The second kappa shape index (κ2) is 6.37. The Morgan fingerprint density at radius 1 is 1.15 bits per heavy atom. The summed E-state index contributed by atoms with van der Waals surface area (Å²) < 4.78 is 0. The maximum atomic E-state index is 12.3. The highest BCUT2D eigenvalue weighted by Gasteiger charge is 2.30. The second-order valence-electron chi connectivity index (χ2n) is 5.73. The molecule has 20 heavy (non-hydrogen) atoms. The Hall–Kier alpha value is -1.39. The van der Waals surface area contributed by atoms with Gasteiger partial charge in [0.05, 0.1) is 6.42 Å². The number of benzene rings is 1. The van der Waals surface area contributed by atoms with Gasteiger partial charge >= 0.3 is 0 Å². The number of piperazine rings is 1. The van der Waals surface area contributed by atoms with Gasteiger partial charge in [0.1, 0.15) is 0 Å². The third-order valence-corrected chi connectivity index (χ3v) is 4.38.